The Kier molecular flexibility index (Phi) is 3.05. The Morgan fingerprint density at radius 1 is 1.77 bits per heavy atom. The molecule has 0 aliphatic rings. The lowest BCUT2D eigenvalue weighted by molar-refractivity contribution is 0.0599. The fraction of sp³-hybridized carbons (Fsp3) is 0.375. The topological polar surface area (TPSA) is 77.5 Å². The molecule has 1 heterocycles. The van der Waals surface area contributed by atoms with E-state index in [1.165, 1.54) is 7.11 Å². The van der Waals surface area contributed by atoms with Crippen LogP contribution in [-0.2, 0) is 11.3 Å². The largest absolute Gasteiger partial charge is 0.465 e. The zero-order chi connectivity index (χ0) is 9.84. The molecule has 0 saturated heterocycles. The number of nitrogens with two attached hydrogens (primary N) is 1. The molecule has 0 bridgehead atoms. The summed E-state index contributed by atoms with van der Waals surface area (Å²) in [7, 11) is 1.33. The van der Waals surface area contributed by atoms with Gasteiger partial charge in [-0.3, -0.25) is 11.3 Å². The highest BCUT2D eigenvalue weighted by atomic mass is 16.5. The first kappa shape index (κ1) is 9.76. The summed E-state index contributed by atoms with van der Waals surface area (Å²) >= 11 is 0. The minimum atomic E-state index is -0.399. The number of hydrazine groups is 1. The highest BCUT2D eigenvalue weighted by molar-refractivity contribution is 5.90. The first-order chi connectivity index (χ1) is 6.19. The summed E-state index contributed by atoms with van der Waals surface area (Å²) in [5.74, 6) is 5.85. The van der Waals surface area contributed by atoms with Crippen LogP contribution >= 0.6 is 0 Å². The minimum Gasteiger partial charge on any atom is -0.465 e. The van der Waals surface area contributed by atoms with Crippen LogP contribution in [0.3, 0.4) is 0 Å². The molecule has 0 atom stereocenters. The van der Waals surface area contributed by atoms with Crippen molar-refractivity contribution in [3.8, 4) is 0 Å². The van der Waals surface area contributed by atoms with Gasteiger partial charge in [-0.2, -0.15) is 0 Å². The molecule has 13 heavy (non-hydrogen) atoms. The van der Waals surface area contributed by atoms with Crippen molar-refractivity contribution < 1.29 is 13.9 Å². The van der Waals surface area contributed by atoms with Crippen LogP contribution in [0.5, 0.6) is 0 Å². The van der Waals surface area contributed by atoms with Gasteiger partial charge in [0, 0.05) is 0 Å². The van der Waals surface area contributed by atoms with Crippen LogP contribution in [0, 0.1) is 6.92 Å². The molecule has 0 amide bonds. The van der Waals surface area contributed by atoms with Crippen molar-refractivity contribution in [2.75, 3.05) is 7.11 Å². The molecule has 0 fully saturated rings. The van der Waals surface area contributed by atoms with Crippen LogP contribution in [0.25, 0.3) is 0 Å². The zero-order valence-electron chi connectivity index (χ0n) is 7.59. The molecule has 0 radical (unpaired) electrons. The van der Waals surface area contributed by atoms with Crippen LogP contribution in [-0.4, -0.2) is 13.1 Å². The van der Waals surface area contributed by atoms with E-state index in [-0.39, 0.29) is 0 Å². The third kappa shape index (κ3) is 2.07. The Bertz CT molecular complexity index is 306. The summed E-state index contributed by atoms with van der Waals surface area (Å²) in [6.07, 6.45) is 0. The third-order valence-corrected chi connectivity index (χ3v) is 1.65. The van der Waals surface area contributed by atoms with Crippen molar-refractivity contribution in [3.63, 3.8) is 0 Å². The van der Waals surface area contributed by atoms with Gasteiger partial charge in [0.15, 0.2) is 0 Å². The number of aryl methyl sites for hydroxylation is 1. The van der Waals surface area contributed by atoms with E-state index < -0.39 is 5.97 Å². The molecule has 72 valence electrons. The van der Waals surface area contributed by atoms with E-state index in [0.717, 1.165) is 0 Å². The average molecular weight is 184 g/mol. The molecule has 5 heteroatoms. The molecule has 3 N–H and O–H groups in total. The second kappa shape index (κ2) is 4.06. The van der Waals surface area contributed by atoms with Crippen molar-refractivity contribution >= 4 is 5.97 Å². The number of furan rings is 1. The highest BCUT2D eigenvalue weighted by Gasteiger charge is 2.14. The van der Waals surface area contributed by atoms with Crippen molar-refractivity contribution in [2.24, 2.45) is 5.84 Å². The van der Waals surface area contributed by atoms with Crippen molar-refractivity contribution in [1.29, 1.82) is 0 Å². The van der Waals surface area contributed by atoms with Gasteiger partial charge in [0.05, 0.1) is 13.7 Å². The van der Waals surface area contributed by atoms with E-state index in [4.69, 9.17) is 10.3 Å². The maximum absolute atomic E-state index is 11.1. The van der Waals surface area contributed by atoms with Gasteiger partial charge in [0.1, 0.15) is 17.1 Å². The van der Waals surface area contributed by atoms with Gasteiger partial charge in [0.25, 0.3) is 0 Å². The van der Waals surface area contributed by atoms with Gasteiger partial charge in [-0.15, -0.1) is 0 Å². The normalized spacial score (nSPS) is 10.1. The lowest BCUT2D eigenvalue weighted by Gasteiger charge is -1.93. The van der Waals surface area contributed by atoms with Gasteiger partial charge in [-0.25, -0.2) is 4.79 Å². The Hall–Kier alpha value is -1.33. The Morgan fingerprint density at radius 3 is 3.00 bits per heavy atom. The van der Waals surface area contributed by atoms with Gasteiger partial charge in [-0.1, -0.05) is 0 Å². The molecule has 1 rings (SSSR count). The SMILES string of the molecule is COC(=O)c1cc(CNN)oc1C. The summed E-state index contributed by atoms with van der Waals surface area (Å²) in [4.78, 5) is 11.1. The standard InChI is InChI=1S/C8H12N2O3/c1-5-7(8(11)12-2)3-6(13-5)4-10-9/h3,10H,4,9H2,1-2H3. The molecule has 1 aromatic heterocycles. The summed E-state index contributed by atoms with van der Waals surface area (Å²) in [6.45, 7) is 2.09. The Morgan fingerprint density at radius 2 is 2.46 bits per heavy atom. The number of methoxy groups -OCH3 is 1. The minimum absolute atomic E-state index is 0.387. The lowest BCUT2D eigenvalue weighted by atomic mass is 10.2. The molecule has 0 saturated carbocycles. The van der Waals surface area contributed by atoms with Gasteiger partial charge >= 0.3 is 5.97 Å². The van der Waals surface area contributed by atoms with E-state index >= 15 is 0 Å². The number of hydrogen-bond acceptors (Lipinski definition) is 5. The fourth-order valence-corrected chi connectivity index (χ4v) is 1.04. The van der Waals surface area contributed by atoms with E-state index in [1.54, 1.807) is 13.0 Å². The van der Waals surface area contributed by atoms with Crippen molar-refractivity contribution in [3.05, 3.63) is 23.2 Å². The summed E-state index contributed by atoms with van der Waals surface area (Å²) < 4.78 is 9.79. The number of ether oxygens (including phenoxy) is 1. The van der Waals surface area contributed by atoms with Crippen molar-refractivity contribution in [1.82, 2.24) is 5.43 Å². The maximum atomic E-state index is 11.1. The van der Waals surface area contributed by atoms with E-state index in [0.29, 0.717) is 23.6 Å². The molecule has 5 nitrogen and oxygen atoms in total. The molecule has 0 unspecified atom stereocenters. The molecular weight excluding hydrogens is 172 g/mol. The van der Waals surface area contributed by atoms with Crippen molar-refractivity contribution in [2.45, 2.75) is 13.5 Å². The molecule has 0 aromatic carbocycles. The predicted octanol–water partition coefficient (Wildman–Crippen LogP) is 0.338. The third-order valence-electron chi connectivity index (χ3n) is 1.65. The molecule has 0 aliphatic carbocycles. The molecule has 0 spiro atoms. The summed E-state index contributed by atoms with van der Waals surface area (Å²) in [5.41, 5.74) is 2.87. The van der Waals surface area contributed by atoms with Gasteiger partial charge in [0.2, 0.25) is 0 Å². The first-order valence-corrected chi connectivity index (χ1v) is 3.80. The second-order valence-corrected chi connectivity index (χ2v) is 2.56. The van der Waals surface area contributed by atoms with E-state index in [2.05, 4.69) is 10.2 Å². The summed E-state index contributed by atoms with van der Waals surface area (Å²) in [6, 6.07) is 1.61. The number of rotatable bonds is 3. The molecule has 0 aliphatic heterocycles. The lowest BCUT2D eigenvalue weighted by Crippen LogP contribution is -2.20. The quantitative estimate of drug-likeness (QED) is 0.402. The van der Waals surface area contributed by atoms with Crippen LogP contribution in [0.2, 0.25) is 0 Å². The number of hydrogen-bond donors (Lipinski definition) is 2. The van der Waals surface area contributed by atoms with Gasteiger partial charge in [-0.05, 0) is 13.0 Å². The van der Waals surface area contributed by atoms with Gasteiger partial charge < -0.3 is 9.15 Å². The number of esters is 1. The van der Waals surface area contributed by atoms with E-state index in [9.17, 15) is 4.79 Å². The monoisotopic (exact) mass is 184 g/mol. The zero-order valence-corrected chi connectivity index (χ0v) is 7.59. The maximum Gasteiger partial charge on any atom is 0.341 e. The average Bonchev–Trinajstić information content (AvgIpc) is 2.46. The van der Waals surface area contributed by atoms with Crippen LogP contribution in [0.1, 0.15) is 21.9 Å². The number of carbonyl (C=O) groups excluding carboxylic acids is 1. The highest BCUT2D eigenvalue weighted by Crippen LogP contribution is 2.14. The molecular formula is C8H12N2O3. The smallest absolute Gasteiger partial charge is 0.341 e. The Balaban J connectivity index is 2.89. The Labute approximate surface area is 75.8 Å². The first-order valence-electron chi connectivity index (χ1n) is 3.80. The predicted molar refractivity (Wildman–Crippen MR) is 45.8 cm³/mol. The van der Waals surface area contributed by atoms with E-state index in [1.807, 2.05) is 0 Å². The van der Waals surface area contributed by atoms with Crippen LogP contribution in [0.4, 0.5) is 0 Å². The van der Waals surface area contributed by atoms with Crippen LogP contribution in [0.15, 0.2) is 10.5 Å². The second-order valence-electron chi connectivity index (χ2n) is 2.56. The number of carbonyl (C=O) groups is 1. The summed E-state index contributed by atoms with van der Waals surface area (Å²) in [5, 5.41) is 0. The molecule has 1 aromatic rings. The van der Waals surface area contributed by atoms with Crippen LogP contribution < -0.4 is 11.3 Å². The number of nitrogens with one attached hydrogen (secondary N) is 1. The fourth-order valence-electron chi connectivity index (χ4n) is 1.04.